The van der Waals surface area contributed by atoms with Crippen LogP contribution in [0.3, 0.4) is 0 Å². The normalized spacial score (nSPS) is 23.6. The molecule has 2 aliphatic rings. The zero-order valence-corrected chi connectivity index (χ0v) is 10.5. The average molecular weight is 255 g/mol. The van der Waals surface area contributed by atoms with Crippen molar-refractivity contribution in [3.05, 3.63) is 0 Å². The lowest BCUT2D eigenvalue weighted by molar-refractivity contribution is -0.126. The van der Waals surface area contributed by atoms with E-state index in [2.05, 4.69) is 16.0 Å². The predicted octanol–water partition coefficient (Wildman–Crippen LogP) is -0.993. The van der Waals surface area contributed by atoms with Gasteiger partial charge in [0.2, 0.25) is 11.8 Å². The van der Waals surface area contributed by atoms with Crippen LogP contribution in [-0.4, -0.2) is 50.7 Å². The quantitative estimate of drug-likeness (QED) is 0.510. The lowest BCUT2D eigenvalue weighted by Crippen LogP contribution is -2.58. The highest BCUT2D eigenvalue weighted by molar-refractivity contribution is 5.86. The standard InChI is InChI=1S/C12H21N3O3/c16-11-7-14-10(6-15-11)12(17)13-4-1-5-18-8-9-2-3-9/h9-10,14H,1-8H2,(H,13,17)(H,15,16). The number of amides is 2. The molecule has 2 rings (SSSR count). The molecule has 0 aromatic carbocycles. The number of rotatable bonds is 7. The van der Waals surface area contributed by atoms with Crippen LogP contribution in [0.15, 0.2) is 0 Å². The molecular weight excluding hydrogens is 234 g/mol. The van der Waals surface area contributed by atoms with E-state index < -0.39 is 0 Å². The Morgan fingerprint density at radius 1 is 1.44 bits per heavy atom. The summed E-state index contributed by atoms with van der Waals surface area (Å²) < 4.78 is 5.47. The van der Waals surface area contributed by atoms with Crippen LogP contribution in [0.25, 0.3) is 0 Å². The number of piperazine rings is 1. The number of nitrogens with one attached hydrogen (secondary N) is 3. The molecule has 1 aliphatic carbocycles. The van der Waals surface area contributed by atoms with Crippen molar-refractivity contribution >= 4 is 11.8 Å². The molecule has 1 atom stereocenters. The van der Waals surface area contributed by atoms with Crippen molar-refractivity contribution < 1.29 is 14.3 Å². The van der Waals surface area contributed by atoms with Gasteiger partial charge in [-0.1, -0.05) is 0 Å². The van der Waals surface area contributed by atoms with E-state index in [0.29, 0.717) is 19.7 Å². The van der Waals surface area contributed by atoms with Gasteiger partial charge in [-0.25, -0.2) is 0 Å². The van der Waals surface area contributed by atoms with Crippen LogP contribution in [-0.2, 0) is 14.3 Å². The van der Waals surface area contributed by atoms with Crippen molar-refractivity contribution in [2.45, 2.75) is 25.3 Å². The minimum absolute atomic E-state index is 0.0582. The molecule has 0 aromatic rings. The Bertz CT molecular complexity index is 295. The summed E-state index contributed by atoms with van der Waals surface area (Å²) in [6.45, 7) is 2.76. The molecule has 6 nitrogen and oxygen atoms in total. The highest BCUT2D eigenvalue weighted by atomic mass is 16.5. The lowest BCUT2D eigenvalue weighted by atomic mass is 10.2. The molecule has 1 aliphatic heterocycles. The van der Waals surface area contributed by atoms with E-state index in [4.69, 9.17) is 4.74 Å². The van der Waals surface area contributed by atoms with E-state index in [9.17, 15) is 9.59 Å². The second kappa shape index (κ2) is 6.70. The van der Waals surface area contributed by atoms with E-state index in [1.807, 2.05) is 0 Å². The number of carbonyl (C=O) groups excluding carboxylic acids is 2. The Morgan fingerprint density at radius 2 is 2.28 bits per heavy atom. The molecule has 1 saturated carbocycles. The summed E-state index contributed by atoms with van der Waals surface area (Å²) in [6, 6.07) is -0.310. The summed E-state index contributed by atoms with van der Waals surface area (Å²) in [7, 11) is 0. The van der Waals surface area contributed by atoms with Crippen molar-refractivity contribution in [1.29, 1.82) is 0 Å². The van der Waals surface area contributed by atoms with Gasteiger partial charge >= 0.3 is 0 Å². The SMILES string of the molecule is O=C1CNC(C(=O)NCCCOCC2CC2)CN1. The average Bonchev–Trinajstić information content (AvgIpc) is 3.18. The molecule has 3 N–H and O–H groups in total. The van der Waals surface area contributed by atoms with Gasteiger partial charge in [-0.3, -0.25) is 14.9 Å². The molecule has 1 saturated heterocycles. The number of carbonyl (C=O) groups is 2. The number of hydrogen-bond donors (Lipinski definition) is 3. The lowest BCUT2D eigenvalue weighted by Gasteiger charge is -2.23. The van der Waals surface area contributed by atoms with Crippen LogP contribution in [0.4, 0.5) is 0 Å². The largest absolute Gasteiger partial charge is 0.381 e. The van der Waals surface area contributed by atoms with Gasteiger partial charge in [-0.15, -0.1) is 0 Å². The van der Waals surface area contributed by atoms with Crippen LogP contribution < -0.4 is 16.0 Å². The van der Waals surface area contributed by atoms with Crippen LogP contribution in [0.1, 0.15) is 19.3 Å². The zero-order chi connectivity index (χ0) is 12.8. The van der Waals surface area contributed by atoms with Gasteiger partial charge in [0.15, 0.2) is 0 Å². The maximum atomic E-state index is 11.7. The molecule has 2 amide bonds. The smallest absolute Gasteiger partial charge is 0.238 e. The fraction of sp³-hybridized carbons (Fsp3) is 0.833. The summed E-state index contributed by atoms with van der Waals surface area (Å²) in [6.07, 6.45) is 3.43. The Kier molecular flexibility index (Phi) is 4.95. The minimum Gasteiger partial charge on any atom is -0.381 e. The molecule has 0 bridgehead atoms. The van der Waals surface area contributed by atoms with Gasteiger partial charge in [0.05, 0.1) is 6.54 Å². The predicted molar refractivity (Wildman–Crippen MR) is 66.0 cm³/mol. The fourth-order valence-electron chi connectivity index (χ4n) is 1.80. The summed E-state index contributed by atoms with van der Waals surface area (Å²) in [5.74, 6) is 0.666. The molecule has 0 spiro atoms. The van der Waals surface area contributed by atoms with Gasteiger partial charge < -0.3 is 15.4 Å². The van der Waals surface area contributed by atoms with Crippen molar-refractivity contribution in [3.8, 4) is 0 Å². The van der Waals surface area contributed by atoms with Crippen molar-refractivity contribution in [3.63, 3.8) is 0 Å². The summed E-state index contributed by atoms with van der Waals surface area (Å²) >= 11 is 0. The Hall–Kier alpha value is -1.14. The molecule has 0 radical (unpaired) electrons. The first-order valence-corrected chi connectivity index (χ1v) is 6.61. The van der Waals surface area contributed by atoms with E-state index in [1.165, 1.54) is 12.8 Å². The third-order valence-electron chi connectivity index (χ3n) is 3.14. The highest BCUT2D eigenvalue weighted by Crippen LogP contribution is 2.28. The van der Waals surface area contributed by atoms with Crippen molar-refractivity contribution in [2.75, 3.05) is 32.8 Å². The Morgan fingerprint density at radius 3 is 2.94 bits per heavy atom. The van der Waals surface area contributed by atoms with Gasteiger partial charge in [-0.2, -0.15) is 0 Å². The maximum absolute atomic E-state index is 11.7. The van der Waals surface area contributed by atoms with E-state index in [-0.39, 0.29) is 24.4 Å². The monoisotopic (exact) mass is 255 g/mol. The summed E-state index contributed by atoms with van der Waals surface area (Å²) in [5.41, 5.74) is 0. The molecule has 0 aromatic heterocycles. The van der Waals surface area contributed by atoms with Crippen LogP contribution in [0, 0.1) is 5.92 Å². The Labute approximate surface area is 107 Å². The number of ether oxygens (including phenoxy) is 1. The van der Waals surface area contributed by atoms with Gasteiger partial charge in [0.25, 0.3) is 0 Å². The summed E-state index contributed by atoms with van der Waals surface area (Å²) in [5, 5.41) is 8.38. The molecule has 102 valence electrons. The molecule has 1 heterocycles. The van der Waals surface area contributed by atoms with E-state index in [0.717, 1.165) is 18.9 Å². The second-order valence-corrected chi connectivity index (χ2v) is 4.90. The van der Waals surface area contributed by atoms with Gasteiger partial charge in [0.1, 0.15) is 6.04 Å². The fourth-order valence-corrected chi connectivity index (χ4v) is 1.80. The third-order valence-corrected chi connectivity index (χ3v) is 3.14. The highest BCUT2D eigenvalue weighted by Gasteiger charge is 2.23. The van der Waals surface area contributed by atoms with Crippen LogP contribution >= 0.6 is 0 Å². The first-order valence-electron chi connectivity index (χ1n) is 6.61. The minimum atomic E-state index is -0.310. The molecule has 2 fully saturated rings. The first kappa shape index (κ1) is 13.3. The van der Waals surface area contributed by atoms with Gasteiger partial charge in [0, 0.05) is 26.3 Å². The first-order chi connectivity index (χ1) is 8.75. The molecule has 1 unspecified atom stereocenters. The van der Waals surface area contributed by atoms with E-state index >= 15 is 0 Å². The number of hydrogen-bond acceptors (Lipinski definition) is 4. The van der Waals surface area contributed by atoms with Crippen molar-refractivity contribution in [2.24, 2.45) is 5.92 Å². The van der Waals surface area contributed by atoms with Gasteiger partial charge in [-0.05, 0) is 25.2 Å². The summed E-state index contributed by atoms with van der Waals surface area (Å²) in [4.78, 5) is 22.6. The maximum Gasteiger partial charge on any atom is 0.238 e. The topological polar surface area (TPSA) is 79.5 Å². The molecular formula is C12H21N3O3. The van der Waals surface area contributed by atoms with Crippen LogP contribution in [0.5, 0.6) is 0 Å². The van der Waals surface area contributed by atoms with Crippen molar-refractivity contribution in [1.82, 2.24) is 16.0 Å². The second-order valence-electron chi connectivity index (χ2n) is 4.90. The zero-order valence-electron chi connectivity index (χ0n) is 10.5. The Balaban J connectivity index is 1.47. The van der Waals surface area contributed by atoms with E-state index in [1.54, 1.807) is 0 Å². The third kappa shape index (κ3) is 4.62. The molecule has 6 heteroatoms. The van der Waals surface area contributed by atoms with Crippen LogP contribution in [0.2, 0.25) is 0 Å². The molecule has 18 heavy (non-hydrogen) atoms.